The molecule has 0 aromatic rings. The van der Waals surface area contributed by atoms with Gasteiger partial charge in [0.1, 0.15) is 12.6 Å². The third-order valence-electron chi connectivity index (χ3n) is 2.45. The van der Waals surface area contributed by atoms with Gasteiger partial charge in [0.15, 0.2) is 0 Å². The van der Waals surface area contributed by atoms with Crippen LogP contribution in [-0.4, -0.2) is 42.4 Å². The summed E-state index contributed by atoms with van der Waals surface area (Å²) in [6.07, 6.45) is 0.952. The molecule has 0 radical (unpaired) electrons. The van der Waals surface area contributed by atoms with Crippen LogP contribution in [0.1, 0.15) is 20.8 Å². The van der Waals surface area contributed by atoms with E-state index in [0.717, 1.165) is 0 Å². The number of hydrogen-bond acceptors (Lipinski definition) is 4. The van der Waals surface area contributed by atoms with Crippen LogP contribution < -0.4 is 10.6 Å². The molecule has 0 aliphatic rings. The second-order valence-electron chi connectivity index (χ2n) is 4.35. The normalized spacial score (nSPS) is 13.8. The molecule has 0 aromatic carbocycles. The molecule has 0 rings (SSSR count). The second-order valence-corrected chi connectivity index (χ2v) is 4.35. The molecule has 2 atom stereocenters. The number of rotatable bonds is 8. The summed E-state index contributed by atoms with van der Waals surface area (Å²) in [6.45, 7) is 9.38. The molecular weight excluding hydrogens is 236 g/mol. The van der Waals surface area contributed by atoms with E-state index in [1.807, 2.05) is 13.8 Å². The highest BCUT2D eigenvalue weighted by molar-refractivity contribution is 5.72. The maximum absolute atomic E-state index is 11.4. The Labute approximate surface area is 107 Å². The summed E-state index contributed by atoms with van der Waals surface area (Å²) in [7, 11) is 0. The molecule has 0 aromatic heterocycles. The van der Waals surface area contributed by atoms with Crippen molar-refractivity contribution >= 4 is 12.1 Å². The van der Waals surface area contributed by atoms with Crippen LogP contribution in [0.15, 0.2) is 12.7 Å². The van der Waals surface area contributed by atoms with Gasteiger partial charge in [0.05, 0.1) is 0 Å². The van der Waals surface area contributed by atoms with Crippen molar-refractivity contribution in [2.45, 2.75) is 32.9 Å². The Morgan fingerprint density at radius 1 is 1.39 bits per heavy atom. The molecule has 18 heavy (non-hydrogen) atoms. The van der Waals surface area contributed by atoms with Crippen LogP contribution in [0.3, 0.4) is 0 Å². The van der Waals surface area contributed by atoms with Crippen molar-refractivity contribution in [3.05, 3.63) is 12.7 Å². The van der Waals surface area contributed by atoms with E-state index in [1.165, 1.54) is 6.08 Å². The molecule has 0 fully saturated rings. The van der Waals surface area contributed by atoms with Gasteiger partial charge >= 0.3 is 12.1 Å². The molecule has 1 amide bonds. The van der Waals surface area contributed by atoms with Gasteiger partial charge in [0.2, 0.25) is 0 Å². The molecule has 0 heterocycles. The van der Waals surface area contributed by atoms with Gasteiger partial charge in [-0.2, -0.15) is 0 Å². The number of ether oxygens (including phenoxy) is 1. The zero-order valence-electron chi connectivity index (χ0n) is 11.1. The minimum atomic E-state index is -0.924. The van der Waals surface area contributed by atoms with Crippen LogP contribution in [0.2, 0.25) is 0 Å². The Bertz CT molecular complexity index is 292. The number of nitrogens with one attached hydrogen (secondary N) is 2. The van der Waals surface area contributed by atoms with E-state index in [-0.39, 0.29) is 18.6 Å². The Morgan fingerprint density at radius 3 is 2.44 bits per heavy atom. The molecular formula is C12H22N2O4. The number of aliphatic carboxylic acids is 1. The second kappa shape index (κ2) is 8.52. The van der Waals surface area contributed by atoms with Gasteiger partial charge in [-0.1, -0.05) is 26.5 Å². The number of alkyl carbamates (subject to hydrolysis) is 1. The number of hydrogen-bond donors (Lipinski definition) is 3. The highest BCUT2D eigenvalue weighted by atomic mass is 16.5. The first kappa shape index (κ1) is 16.4. The van der Waals surface area contributed by atoms with E-state index in [0.29, 0.717) is 6.54 Å². The molecule has 0 spiro atoms. The van der Waals surface area contributed by atoms with Crippen molar-refractivity contribution in [3.63, 3.8) is 0 Å². The molecule has 0 bridgehead atoms. The van der Waals surface area contributed by atoms with Crippen molar-refractivity contribution in [3.8, 4) is 0 Å². The lowest BCUT2D eigenvalue weighted by atomic mass is 10.0. The summed E-state index contributed by atoms with van der Waals surface area (Å²) in [5, 5.41) is 14.3. The number of carboxylic acids is 1. The zero-order valence-corrected chi connectivity index (χ0v) is 11.1. The number of carboxylic acid groups (broad SMARTS) is 1. The quantitative estimate of drug-likeness (QED) is 0.565. The first-order chi connectivity index (χ1) is 8.38. The number of amides is 1. The molecule has 0 aliphatic heterocycles. The van der Waals surface area contributed by atoms with Crippen LogP contribution in [0.5, 0.6) is 0 Å². The predicted octanol–water partition coefficient (Wildman–Crippen LogP) is 0.986. The van der Waals surface area contributed by atoms with E-state index in [1.54, 1.807) is 6.92 Å². The van der Waals surface area contributed by atoms with Crippen molar-refractivity contribution in [2.75, 3.05) is 13.2 Å². The maximum atomic E-state index is 11.4. The molecule has 0 aliphatic carbocycles. The SMILES string of the molecule is C=CCOC(=O)N[C@H](CN[C@@H](C)C(=O)O)C(C)C. The topological polar surface area (TPSA) is 87.7 Å². The van der Waals surface area contributed by atoms with Crippen LogP contribution in [0.25, 0.3) is 0 Å². The van der Waals surface area contributed by atoms with Crippen molar-refractivity contribution in [2.24, 2.45) is 5.92 Å². The van der Waals surface area contributed by atoms with Crippen LogP contribution in [0, 0.1) is 5.92 Å². The molecule has 3 N–H and O–H groups in total. The Morgan fingerprint density at radius 2 is 2.00 bits per heavy atom. The van der Waals surface area contributed by atoms with Gasteiger partial charge in [0, 0.05) is 12.6 Å². The lowest BCUT2D eigenvalue weighted by Gasteiger charge is -2.23. The van der Waals surface area contributed by atoms with E-state index >= 15 is 0 Å². The number of carbonyl (C=O) groups is 2. The third kappa shape index (κ3) is 6.90. The fraction of sp³-hybridized carbons (Fsp3) is 0.667. The van der Waals surface area contributed by atoms with E-state index in [9.17, 15) is 9.59 Å². The molecule has 6 heteroatoms. The summed E-state index contributed by atoms with van der Waals surface area (Å²) in [6, 6.07) is -0.846. The first-order valence-corrected chi connectivity index (χ1v) is 5.88. The van der Waals surface area contributed by atoms with Gasteiger partial charge in [-0.25, -0.2) is 4.79 Å². The molecule has 0 unspecified atom stereocenters. The summed E-state index contributed by atoms with van der Waals surface area (Å²) >= 11 is 0. The van der Waals surface area contributed by atoms with Crippen molar-refractivity contribution in [1.29, 1.82) is 0 Å². The summed E-state index contributed by atoms with van der Waals surface area (Å²) in [5.41, 5.74) is 0. The third-order valence-corrected chi connectivity index (χ3v) is 2.45. The smallest absolute Gasteiger partial charge is 0.407 e. The van der Waals surface area contributed by atoms with Crippen molar-refractivity contribution < 1.29 is 19.4 Å². The monoisotopic (exact) mass is 258 g/mol. The summed E-state index contributed by atoms with van der Waals surface area (Å²) in [5.74, 6) is -0.762. The van der Waals surface area contributed by atoms with Crippen LogP contribution >= 0.6 is 0 Å². The standard InChI is InChI=1S/C12H22N2O4/c1-5-6-18-12(17)14-10(8(2)3)7-13-9(4)11(15)16/h5,8-10,13H,1,6-7H2,2-4H3,(H,14,17)(H,15,16)/t9-,10+/m0/s1. The zero-order chi connectivity index (χ0) is 14.1. The fourth-order valence-electron chi connectivity index (χ4n) is 1.17. The van der Waals surface area contributed by atoms with Gasteiger partial charge < -0.3 is 20.5 Å². The molecule has 0 saturated carbocycles. The molecule has 104 valence electrons. The minimum Gasteiger partial charge on any atom is -0.480 e. The largest absolute Gasteiger partial charge is 0.480 e. The minimum absolute atomic E-state index is 0.148. The summed E-state index contributed by atoms with van der Waals surface area (Å²) < 4.78 is 4.81. The average Bonchev–Trinajstić information content (AvgIpc) is 2.30. The highest BCUT2D eigenvalue weighted by Crippen LogP contribution is 2.01. The lowest BCUT2D eigenvalue weighted by Crippen LogP contribution is -2.48. The van der Waals surface area contributed by atoms with Crippen LogP contribution in [0.4, 0.5) is 4.79 Å². The average molecular weight is 258 g/mol. The van der Waals surface area contributed by atoms with E-state index in [4.69, 9.17) is 9.84 Å². The molecule has 6 nitrogen and oxygen atoms in total. The van der Waals surface area contributed by atoms with Gasteiger partial charge in [-0.3, -0.25) is 4.79 Å². The number of carbonyl (C=O) groups excluding carboxylic acids is 1. The lowest BCUT2D eigenvalue weighted by molar-refractivity contribution is -0.139. The van der Waals surface area contributed by atoms with Gasteiger partial charge in [0.25, 0.3) is 0 Å². The predicted molar refractivity (Wildman–Crippen MR) is 68.4 cm³/mol. The van der Waals surface area contributed by atoms with Gasteiger partial charge in [-0.05, 0) is 12.8 Å². The molecule has 0 saturated heterocycles. The van der Waals surface area contributed by atoms with Crippen LogP contribution in [-0.2, 0) is 9.53 Å². The Kier molecular flexibility index (Phi) is 7.78. The summed E-state index contributed by atoms with van der Waals surface area (Å²) in [4.78, 5) is 22.0. The fourth-order valence-corrected chi connectivity index (χ4v) is 1.17. The van der Waals surface area contributed by atoms with E-state index in [2.05, 4.69) is 17.2 Å². The van der Waals surface area contributed by atoms with Gasteiger partial charge in [-0.15, -0.1) is 0 Å². The van der Waals surface area contributed by atoms with E-state index < -0.39 is 18.1 Å². The maximum Gasteiger partial charge on any atom is 0.407 e. The highest BCUT2D eigenvalue weighted by Gasteiger charge is 2.19. The Balaban J connectivity index is 4.18. The van der Waals surface area contributed by atoms with Crippen molar-refractivity contribution in [1.82, 2.24) is 10.6 Å². The first-order valence-electron chi connectivity index (χ1n) is 5.88. The Hall–Kier alpha value is -1.56.